The van der Waals surface area contributed by atoms with Crippen molar-refractivity contribution in [3.63, 3.8) is 0 Å². The number of rotatable bonds is 7. The number of aromatic nitrogens is 2. The molecule has 1 aromatic carbocycles. The number of amides is 1. The van der Waals surface area contributed by atoms with E-state index in [1.54, 1.807) is 31.5 Å². The lowest BCUT2D eigenvalue weighted by molar-refractivity contribution is -0.116. The predicted octanol–water partition coefficient (Wildman–Crippen LogP) is 2.47. The van der Waals surface area contributed by atoms with Gasteiger partial charge in [-0.05, 0) is 53.9 Å². The summed E-state index contributed by atoms with van der Waals surface area (Å²) in [5, 5.41) is 6.75. The quantitative estimate of drug-likeness (QED) is 0.690. The Balaban J connectivity index is 1.83. The van der Waals surface area contributed by atoms with Gasteiger partial charge in [0.2, 0.25) is 15.9 Å². The number of anilines is 1. The Bertz CT molecular complexity index is 923. The summed E-state index contributed by atoms with van der Waals surface area (Å²) in [5.41, 5.74) is 0.396. The molecule has 1 saturated heterocycles. The van der Waals surface area contributed by atoms with Crippen molar-refractivity contribution >= 4 is 37.5 Å². The first-order valence-corrected chi connectivity index (χ1v) is 10.9. The van der Waals surface area contributed by atoms with Crippen LogP contribution in [0.15, 0.2) is 40.0 Å². The molecule has 1 fully saturated rings. The van der Waals surface area contributed by atoms with E-state index < -0.39 is 10.0 Å². The minimum absolute atomic E-state index is 0.0209. The summed E-state index contributed by atoms with van der Waals surface area (Å²) in [6.45, 7) is 3.16. The monoisotopic (exact) mass is 456 g/mol. The fourth-order valence-corrected chi connectivity index (χ4v) is 4.90. The van der Waals surface area contributed by atoms with E-state index >= 15 is 0 Å². The van der Waals surface area contributed by atoms with E-state index in [1.165, 1.54) is 15.1 Å². The molecular weight excluding hydrogens is 436 g/mol. The molecule has 10 heteroatoms. The molecule has 0 aliphatic carbocycles. The second-order valence-corrected chi connectivity index (χ2v) is 8.93. The van der Waals surface area contributed by atoms with Crippen molar-refractivity contribution in [3.05, 3.63) is 35.1 Å². The van der Waals surface area contributed by atoms with Gasteiger partial charge in [0.15, 0.2) is 0 Å². The Morgan fingerprint density at radius 2 is 2.07 bits per heavy atom. The average molecular weight is 457 g/mol. The van der Waals surface area contributed by atoms with Crippen molar-refractivity contribution in [1.82, 2.24) is 14.1 Å². The minimum atomic E-state index is -3.67. The van der Waals surface area contributed by atoms with E-state index in [1.807, 2.05) is 0 Å². The zero-order valence-electron chi connectivity index (χ0n) is 14.9. The van der Waals surface area contributed by atoms with E-state index in [0.717, 1.165) is 17.3 Å². The first-order chi connectivity index (χ1) is 12.9. The number of ether oxygens (including phenoxy) is 1. The van der Waals surface area contributed by atoms with Gasteiger partial charge in [0.05, 0.1) is 17.3 Å². The Morgan fingerprint density at radius 3 is 2.70 bits per heavy atom. The fourth-order valence-electron chi connectivity index (χ4n) is 2.90. The van der Waals surface area contributed by atoms with Crippen molar-refractivity contribution in [2.45, 2.75) is 31.2 Å². The lowest BCUT2D eigenvalue weighted by Crippen LogP contribution is -2.28. The van der Waals surface area contributed by atoms with Gasteiger partial charge in [-0.25, -0.2) is 8.42 Å². The van der Waals surface area contributed by atoms with E-state index in [4.69, 9.17) is 4.74 Å². The molecule has 0 spiro atoms. The second kappa shape index (κ2) is 8.41. The summed E-state index contributed by atoms with van der Waals surface area (Å²) < 4.78 is 35.2. The number of nitrogens with one attached hydrogen (secondary N) is 1. The van der Waals surface area contributed by atoms with Gasteiger partial charge >= 0.3 is 0 Å². The molecule has 3 rings (SSSR count). The molecule has 146 valence electrons. The van der Waals surface area contributed by atoms with E-state index in [0.29, 0.717) is 31.1 Å². The molecule has 1 N–H and O–H groups in total. The molecule has 1 aromatic heterocycles. The highest BCUT2D eigenvalue weighted by atomic mass is 79.9. The minimum Gasteiger partial charge on any atom is -0.492 e. The summed E-state index contributed by atoms with van der Waals surface area (Å²) in [4.78, 5) is 12.3. The van der Waals surface area contributed by atoms with E-state index in [9.17, 15) is 13.2 Å². The SMILES string of the molecule is CCOc1ccc(NC(=O)Cn2cc(Br)cn2)cc1S(=O)(=O)N1CCCC1. The molecule has 0 atom stereocenters. The lowest BCUT2D eigenvalue weighted by Gasteiger charge is -2.19. The van der Waals surface area contributed by atoms with Crippen LogP contribution in [-0.4, -0.2) is 48.1 Å². The zero-order chi connectivity index (χ0) is 19.4. The number of sulfonamides is 1. The molecular formula is C17H21BrN4O4S. The van der Waals surface area contributed by atoms with Crippen LogP contribution in [0.1, 0.15) is 19.8 Å². The number of carbonyl (C=O) groups is 1. The molecule has 2 heterocycles. The smallest absolute Gasteiger partial charge is 0.246 e. The molecule has 27 heavy (non-hydrogen) atoms. The van der Waals surface area contributed by atoms with Crippen LogP contribution in [0.3, 0.4) is 0 Å². The third-order valence-corrected chi connectivity index (χ3v) is 6.45. The second-order valence-electron chi connectivity index (χ2n) is 6.11. The summed E-state index contributed by atoms with van der Waals surface area (Å²) in [7, 11) is -3.67. The normalized spacial score (nSPS) is 15.0. The Kier molecular flexibility index (Phi) is 6.18. The van der Waals surface area contributed by atoms with Gasteiger partial charge in [0.25, 0.3) is 0 Å². The third-order valence-electron chi connectivity index (χ3n) is 4.12. The average Bonchev–Trinajstić information content (AvgIpc) is 3.28. The van der Waals surface area contributed by atoms with Gasteiger partial charge in [-0.15, -0.1) is 0 Å². The molecule has 0 saturated carbocycles. The summed E-state index contributed by atoms with van der Waals surface area (Å²) in [6, 6.07) is 4.66. The summed E-state index contributed by atoms with van der Waals surface area (Å²) >= 11 is 3.27. The topological polar surface area (TPSA) is 93.5 Å². The highest BCUT2D eigenvalue weighted by Crippen LogP contribution is 2.31. The van der Waals surface area contributed by atoms with Crippen LogP contribution in [0.25, 0.3) is 0 Å². The van der Waals surface area contributed by atoms with Gasteiger partial charge in [0.1, 0.15) is 17.2 Å². The van der Waals surface area contributed by atoms with Crippen LogP contribution in [0.4, 0.5) is 5.69 Å². The molecule has 0 unspecified atom stereocenters. The number of carbonyl (C=O) groups excluding carboxylic acids is 1. The Morgan fingerprint density at radius 1 is 1.33 bits per heavy atom. The maximum atomic E-state index is 13.0. The number of halogens is 1. The van der Waals surface area contributed by atoms with E-state index in [-0.39, 0.29) is 17.3 Å². The number of benzene rings is 1. The Labute approximate surface area is 166 Å². The highest BCUT2D eigenvalue weighted by molar-refractivity contribution is 9.10. The molecule has 1 aliphatic heterocycles. The number of nitrogens with zero attached hydrogens (tertiary/aromatic N) is 3. The molecule has 2 aromatic rings. The largest absolute Gasteiger partial charge is 0.492 e. The number of hydrogen-bond acceptors (Lipinski definition) is 5. The van der Waals surface area contributed by atoms with Crippen molar-refractivity contribution < 1.29 is 17.9 Å². The van der Waals surface area contributed by atoms with Gasteiger partial charge in [-0.1, -0.05) is 0 Å². The molecule has 1 amide bonds. The van der Waals surface area contributed by atoms with Crippen molar-refractivity contribution in [2.75, 3.05) is 25.0 Å². The van der Waals surface area contributed by atoms with E-state index in [2.05, 4.69) is 26.3 Å². The molecule has 0 radical (unpaired) electrons. The van der Waals surface area contributed by atoms with Crippen LogP contribution in [-0.2, 0) is 21.4 Å². The fraction of sp³-hybridized carbons (Fsp3) is 0.412. The van der Waals surface area contributed by atoms with Crippen LogP contribution < -0.4 is 10.1 Å². The van der Waals surface area contributed by atoms with Gasteiger partial charge < -0.3 is 10.1 Å². The van der Waals surface area contributed by atoms with Gasteiger partial charge in [-0.3, -0.25) is 9.48 Å². The highest BCUT2D eigenvalue weighted by Gasteiger charge is 2.30. The van der Waals surface area contributed by atoms with Gasteiger partial charge in [0, 0.05) is 25.0 Å². The van der Waals surface area contributed by atoms with Crippen molar-refractivity contribution in [1.29, 1.82) is 0 Å². The number of hydrogen-bond donors (Lipinski definition) is 1. The molecule has 0 bridgehead atoms. The first-order valence-electron chi connectivity index (χ1n) is 8.65. The van der Waals surface area contributed by atoms with Crippen molar-refractivity contribution in [2.24, 2.45) is 0 Å². The van der Waals surface area contributed by atoms with Crippen LogP contribution in [0, 0.1) is 0 Å². The van der Waals surface area contributed by atoms with Crippen LogP contribution in [0.5, 0.6) is 5.75 Å². The molecule has 8 nitrogen and oxygen atoms in total. The first kappa shape index (κ1) is 19.8. The third kappa shape index (κ3) is 4.69. The predicted molar refractivity (Wildman–Crippen MR) is 104 cm³/mol. The maximum Gasteiger partial charge on any atom is 0.246 e. The summed E-state index contributed by atoms with van der Waals surface area (Å²) in [6.07, 6.45) is 4.96. The van der Waals surface area contributed by atoms with Crippen molar-refractivity contribution in [3.8, 4) is 5.75 Å². The maximum absolute atomic E-state index is 13.0. The van der Waals surface area contributed by atoms with Crippen LogP contribution in [0.2, 0.25) is 0 Å². The van der Waals surface area contributed by atoms with Gasteiger partial charge in [-0.2, -0.15) is 9.40 Å². The zero-order valence-corrected chi connectivity index (χ0v) is 17.3. The summed E-state index contributed by atoms with van der Waals surface area (Å²) in [5.74, 6) is -0.0160. The molecule has 1 aliphatic rings. The Hall–Kier alpha value is -1.91. The standard InChI is InChI=1S/C17H21BrN4O4S/c1-2-26-15-6-5-14(20-17(23)12-21-11-13(18)10-19-21)9-16(15)27(24,25)22-7-3-4-8-22/h5-6,9-11H,2-4,7-8,12H2,1H3,(H,20,23). The van der Waals surface area contributed by atoms with Crippen LogP contribution >= 0.6 is 15.9 Å². The lowest BCUT2D eigenvalue weighted by atomic mass is 10.3.